The van der Waals surface area contributed by atoms with Crippen LogP contribution in [0.1, 0.15) is 36.0 Å². The van der Waals surface area contributed by atoms with Gasteiger partial charge in [-0.1, -0.05) is 0 Å². The second kappa shape index (κ2) is 7.89. The highest BCUT2D eigenvalue weighted by atomic mass is 19.1. The number of nitrogens with two attached hydrogens (primary N) is 1. The van der Waals surface area contributed by atoms with Crippen molar-refractivity contribution < 1.29 is 14.0 Å². The normalized spacial score (nSPS) is 20.6. The highest BCUT2D eigenvalue weighted by molar-refractivity contribution is 5.94. The van der Waals surface area contributed by atoms with Crippen LogP contribution in [-0.4, -0.2) is 30.9 Å². The standard InChI is InChI=1S/C16H22FN3O2/c17-13-5-2-11(3-6-13)15(21)19-8-1-9-20-16(22)12-4-7-14(18)10-12/h2-3,5-6,12,14H,1,4,7-10,18H2,(H,19,21)(H,20,22). The van der Waals surface area contributed by atoms with Crippen LogP contribution in [0.25, 0.3) is 0 Å². The van der Waals surface area contributed by atoms with Gasteiger partial charge in [-0.15, -0.1) is 0 Å². The van der Waals surface area contributed by atoms with Crippen molar-refractivity contribution in [1.82, 2.24) is 10.6 Å². The maximum Gasteiger partial charge on any atom is 0.251 e. The number of benzene rings is 1. The van der Waals surface area contributed by atoms with Crippen molar-refractivity contribution in [2.45, 2.75) is 31.7 Å². The Kier molecular flexibility index (Phi) is 5.89. The van der Waals surface area contributed by atoms with Crippen molar-refractivity contribution in [2.75, 3.05) is 13.1 Å². The molecule has 0 bridgehead atoms. The van der Waals surface area contributed by atoms with Gasteiger partial charge in [-0.25, -0.2) is 4.39 Å². The van der Waals surface area contributed by atoms with Crippen molar-refractivity contribution in [3.05, 3.63) is 35.6 Å². The first-order valence-corrected chi connectivity index (χ1v) is 7.63. The van der Waals surface area contributed by atoms with Crippen LogP contribution in [-0.2, 0) is 4.79 Å². The first-order chi connectivity index (χ1) is 10.6. The lowest BCUT2D eigenvalue weighted by atomic mass is 10.1. The van der Waals surface area contributed by atoms with Gasteiger partial charge >= 0.3 is 0 Å². The molecular formula is C16H22FN3O2. The highest BCUT2D eigenvalue weighted by Gasteiger charge is 2.27. The van der Waals surface area contributed by atoms with E-state index >= 15 is 0 Å². The van der Waals surface area contributed by atoms with E-state index in [0.29, 0.717) is 25.1 Å². The molecule has 1 aromatic carbocycles. The molecular weight excluding hydrogens is 285 g/mol. The van der Waals surface area contributed by atoms with Gasteiger partial charge in [0.2, 0.25) is 5.91 Å². The molecule has 0 aliphatic heterocycles. The lowest BCUT2D eigenvalue weighted by molar-refractivity contribution is -0.124. The van der Waals surface area contributed by atoms with Crippen LogP contribution in [0, 0.1) is 11.7 Å². The maximum atomic E-state index is 12.8. The molecule has 0 aromatic heterocycles. The van der Waals surface area contributed by atoms with E-state index in [2.05, 4.69) is 10.6 Å². The van der Waals surface area contributed by atoms with Crippen molar-refractivity contribution in [3.63, 3.8) is 0 Å². The molecule has 2 unspecified atom stereocenters. The molecule has 1 aliphatic rings. The fraction of sp³-hybridized carbons (Fsp3) is 0.500. The summed E-state index contributed by atoms with van der Waals surface area (Å²) in [5.74, 6) is -0.527. The predicted molar refractivity (Wildman–Crippen MR) is 81.7 cm³/mol. The topological polar surface area (TPSA) is 84.2 Å². The average molecular weight is 307 g/mol. The van der Waals surface area contributed by atoms with Crippen LogP contribution in [0.15, 0.2) is 24.3 Å². The van der Waals surface area contributed by atoms with Gasteiger partial charge in [0.05, 0.1) is 0 Å². The summed E-state index contributed by atoms with van der Waals surface area (Å²) in [4.78, 5) is 23.6. The van der Waals surface area contributed by atoms with E-state index in [4.69, 9.17) is 5.73 Å². The average Bonchev–Trinajstić information content (AvgIpc) is 2.94. The second-order valence-corrected chi connectivity index (χ2v) is 5.68. The fourth-order valence-corrected chi connectivity index (χ4v) is 2.60. The molecule has 0 heterocycles. The number of hydrogen-bond acceptors (Lipinski definition) is 3. The van der Waals surface area contributed by atoms with Gasteiger partial charge in [-0.2, -0.15) is 0 Å². The number of amides is 2. The maximum absolute atomic E-state index is 12.8. The number of carbonyl (C=O) groups is 2. The summed E-state index contributed by atoms with van der Waals surface area (Å²) >= 11 is 0. The van der Waals surface area contributed by atoms with Gasteiger partial charge < -0.3 is 16.4 Å². The van der Waals surface area contributed by atoms with Crippen LogP contribution < -0.4 is 16.4 Å². The zero-order valence-corrected chi connectivity index (χ0v) is 12.5. The van der Waals surface area contributed by atoms with E-state index in [1.807, 2.05) is 0 Å². The van der Waals surface area contributed by atoms with Crippen LogP contribution in [0.2, 0.25) is 0 Å². The molecule has 1 aliphatic carbocycles. The lowest BCUT2D eigenvalue weighted by Gasteiger charge is -2.11. The van der Waals surface area contributed by atoms with Gasteiger partial charge in [-0.3, -0.25) is 9.59 Å². The summed E-state index contributed by atoms with van der Waals surface area (Å²) in [5, 5.41) is 5.61. The minimum Gasteiger partial charge on any atom is -0.356 e. The smallest absolute Gasteiger partial charge is 0.251 e. The molecule has 2 amide bonds. The Labute approximate surface area is 129 Å². The first-order valence-electron chi connectivity index (χ1n) is 7.63. The Balaban J connectivity index is 1.60. The predicted octanol–water partition coefficient (Wildman–Crippen LogP) is 1.19. The summed E-state index contributed by atoms with van der Waals surface area (Å²) in [7, 11) is 0. The molecule has 2 atom stereocenters. The minimum absolute atomic E-state index is 0.0313. The fourth-order valence-electron chi connectivity index (χ4n) is 2.60. The summed E-state index contributed by atoms with van der Waals surface area (Å²) in [6.07, 6.45) is 3.17. The van der Waals surface area contributed by atoms with Crippen molar-refractivity contribution >= 4 is 11.8 Å². The zero-order chi connectivity index (χ0) is 15.9. The molecule has 5 nitrogen and oxygen atoms in total. The Bertz CT molecular complexity index is 519. The van der Waals surface area contributed by atoms with Crippen molar-refractivity contribution in [1.29, 1.82) is 0 Å². The van der Waals surface area contributed by atoms with Crippen LogP contribution in [0.3, 0.4) is 0 Å². The molecule has 120 valence electrons. The molecule has 6 heteroatoms. The van der Waals surface area contributed by atoms with Gasteiger partial charge in [0, 0.05) is 30.6 Å². The van der Waals surface area contributed by atoms with Crippen LogP contribution in [0.5, 0.6) is 0 Å². The largest absolute Gasteiger partial charge is 0.356 e. The summed E-state index contributed by atoms with van der Waals surface area (Å²) < 4.78 is 12.8. The van der Waals surface area contributed by atoms with E-state index in [1.54, 1.807) is 0 Å². The third kappa shape index (κ3) is 4.80. The molecule has 1 aromatic rings. The van der Waals surface area contributed by atoms with E-state index in [0.717, 1.165) is 19.3 Å². The summed E-state index contributed by atoms with van der Waals surface area (Å²) in [6, 6.07) is 5.53. The molecule has 2 rings (SSSR count). The molecule has 0 saturated heterocycles. The second-order valence-electron chi connectivity index (χ2n) is 5.68. The molecule has 1 saturated carbocycles. The molecule has 0 radical (unpaired) electrons. The number of carbonyl (C=O) groups excluding carboxylic acids is 2. The SMILES string of the molecule is NC1CCC(C(=O)NCCCNC(=O)c2ccc(F)cc2)C1. The third-order valence-electron chi connectivity index (χ3n) is 3.89. The quantitative estimate of drug-likeness (QED) is 0.690. The van der Waals surface area contributed by atoms with E-state index in [1.165, 1.54) is 24.3 Å². The Morgan fingerprint density at radius 1 is 1.14 bits per heavy atom. The minimum atomic E-state index is -0.370. The first kappa shape index (κ1) is 16.4. The zero-order valence-electron chi connectivity index (χ0n) is 12.5. The van der Waals surface area contributed by atoms with Crippen molar-refractivity contribution in [2.24, 2.45) is 11.7 Å². The van der Waals surface area contributed by atoms with Crippen LogP contribution in [0.4, 0.5) is 4.39 Å². The number of nitrogens with one attached hydrogen (secondary N) is 2. The Morgan fingerprint density at radius 3 is 2.45 bits per heavy atom. The van der Waals surface area contributed by atoms with Gasteiger partial charge in [0.1, 0.15) is 5.82 Å². The highest BCUT2D eigenvalue weighted by Crippen LogP contribution is 2.23. The lowest BCUT2D eigenvalue weighted by Crippen LogP contribution is -2.33. The molecule has 22 heavy (non-hydrogen) atoms. The number of rotatable bonds is 6. The third-order valence-corrected chi connectivity index (χ3v) is 3.89. The van der Waals surface area contributed by atoms with Gasteiger partial charge in [0.25, 0.3) is 5.91 Å². The molecule has 4 N–H and O–H groups in total. The van der Waals surface area contributed by atoms with Gasteiger partial charge in [0.15, 0.2) is 0 Å². The van der Waals surface area contributed by atoms with E-state index in [9.17, 15) is 14.0 Å². The monoisotopic (exact) mass is 307 g/mol. The number of hydrogen-bond donors (Lipinski definition) is 3. The molecule has 1 fully saturated rings. The number of halogens is 1. The van der Waals surface area contributed by atoms with Crippen molar-refractivity contribution in [3.8, 4) is 0 Å². The summed E-state index contributed by atoms with van der Waals surface area (Å²) in [6.45, 7) is 0.981. The summed E-state index contributed by atoms with van der Waals surface area (Å²) in [5.41, 5.74) is 6.21. The Morgan fingerprint density at radius 2 is 1.82 bits per heavy atom. The van der Waals surface area contributed by atoms with Crippen LogP contribution >= 0.6 is 0 Å². The molecule has 0 spiro atoms. The van der Waals surface area contributed by atoms with Gasteiger partial charge in [-0.05, 0) is 49.9 Å². The van der Waals surface area contributed by atoms with E-state index < -0.39 is 0 Å². The Hall–Kier alpha value is -1.95. The van der Waals surface area contributed by atoms with E-state index in [-0.39, 0.29) is 29.6 Å².